The maximum Gasteiger partial charge on any atom is 0.0414 e. The number of hydrogen-bond donors (Lipinski definition) is 1. The second kappa shape index (κ2) is 6.29. The lowest BCUT2D eigenvalue weighted by Gasteiger charge is -2.15. The summed E-state index contributed by atoms with van der Waals surface area (Å²) in [6, 6.07) is 2.93. The van der Waals surface area contributed by atoms with E-state index in [0.717, 1.165) is 6.54 Å². The average molecular weight is 225 g/mol. The molecule has 1 nitrogen and oxygen atoms in total. The molecule has 0 aliphatic heterocycles. The summed E-state index contributed by atoms with van der Waals surface area (Å²) in [5.41, 5.74) is 1.44. The van der Waals surface area contributed by atoms with E-state index < -0.39 is 0 Å². The Morgan fingerprint density at radius 3 is 2.47 bits per heavy atom. The Kier molecular flexibility index (Phi) is 5.34. The van der Waals surface area contributed by atoms with Crippen molar-refractivity contribution in [3.63, 3.8) is 0 Å². The molecule has 0 saturated carbocycles. The molecule has 1 rings (SSSR count). The van der Waals surface area contributed by atoms with Gasteiger partial charge in [0.25, 0.3) is 0 Å². The molecule has 2 heteroatoms. The van der Waals surface area contributed by atoms with Crippen LogP contribution >= 0.6 is 11.3 Å². The molecule has 1 aromatic rings. The second-order valence-electron chi connectivity index (χ2n) is 4.18. The van der Waals surface area contributed by atoms with E-state index in [4.69, 9.17) is 0 Å². The first-order chi connectivity index (χ1) is 7.19. The zero-order valence-corrected chi connectivity index (χ0v) is 11.2. The van der Waals surface area contributed by atoms with Gasteiger partial charge in [0.1, 0.15) is 0 Å². The smallest absolute Gasteiger partial charge is 0.0414 e. The standard InChI is InChI=1S/C13H23NS/c1-5-7-12(14-8-6-2)13-9-10(3)11(4)15-13/h9,12,14H,5-8H2,1-4H3. The molecule has 0 spiro atoms. The summed E-state index contributed by atoms with van der Waals surface area (Å²) in [4.78, 5) is 2.98. The maximum absolute atomic E-state index is 3.64. The summed E-state index contributed by atoms with van der Waals surface area (Å²) >= 11 is 1.95. The van der Waals surface area contributed by atoms with Crippen LogP contribution in [0, 0.1) is 13.8 Å². The van der Waals surface area contributed by atoms with Crippen LogP contribution in [0.15, 0.2) is 6.07 Å². The van der Waals surface area contributed by atoms with Crippen molar-refractivity contribution in [2.75, 3.05) is 6.54 Å². The fourth-order valence-corrected chi connectivity index (χ4v) is 2.88. The lowest BCUT2D eigenvalue weighted by molar-refractivity contribution is 0.500. The van der Waals surface area contributed by atoms with E-state index in [1.165, 1.54) is 34.6 Å². The van der Waals surface area contributed by atoms with Crippen LogP contribution in [0.5, 0.6) is 0 Å². The van der Waals surface area contributed by atoms with Gasteiger partial charge >= 0.3 is 0 Å². The molecule has 0 aliphatic carbocycles. The van der Waals surface area contributed by atoms with Crippen LogP contribution in [0.2, 0.25) is 0 Å². The topological polar surface area (TPSA) is 12.0 Å². The number of aryl methyl sites for hydroxylation is 2. The van der Waals surface area contributed by atoms with E-state index in [1.54, 1.807) is 0 Å². The molecule has 0 bridgehead atoms. The fraction of sp³-hybridized carbons (Fsp3) is 0.692. The average Bonchev–Trinajstić information content (AvgIpc) is 2.54. The van der Waals surface area contributed by atoms with Gasteiger partial charge in [-0.3, -0.25) is 0 Å². The Balaban J connectivity index is 2.69. The van der Waals surface area contributed by atoms with Gasteiger partial charge in [0, 0.05) is 15.8 Å². The molecule has 1 heterocycles. The molecule has 15 heavy (non-hydrogen) atoms. The summed E-state index contributed by atoms with van der Waals surface area (Å²) in [5, 5.41) is 3.64. The second-order valence-corrected chi connectivity index (χ2v) is 5.47. The van der Waals surface area contributed by atoms with Crippen molar-refractivity contribution >= 4 is 11.3 Å². The van der Waals surface area contributed by atoms with Crippen LogP contribution in [0.4, 0.5) is 0 Å². The van der Waals surface area contributed by atoms with Gasteiger partial charge in [-0.1, -0.05) is 20.3 Å². The quantitative estimate of drug-likeness (QED) is 0.765. The van der Waals surface area contributed by atoms with Crippen molar-refractivity contribution in [2.45, 2.75) is 53.0 Å². The molecule has 0 fully saturated rings. The minimum Gasteiger partial charge on any atom is -0.309 e. The predicted octanol–water partition coefficient (Wildman–Crippen LogP) is 4.21. The van der Waals surface area contributed by atoms with Crippen LogP contribution in [-0.4, -0.2) is 6.54 Å². The van der Waals surface area contributed by atoms with Crippen molar-refractivity contribution in [3.05, 3.63) is 21.4 Å². The number of nitrogens with one attached hydrogen (secondary N) is 1. The molecule has 0 amide bonds. The van der Waals surface area contributed by atoms with Gasteiger partial charge in [-0.2, -0.15) is 0 Å². The highest BCUT2D eigenvalue weighted by molar-refractivity contribution is 7.12. The third-order valence-electron chi connectivity index (χ3n) is 2.75. The normalized spacial score (nSPS) is 13.1. The lowest BCUT2D eigenvalue weighted by atomic mass is 10.1. The van der Waals surface area contributed by atoms with Gasteiger partial charge in [-0.15, -0.1) is 11.3 Å². The fourth-order valence-electron chi connectivity index (χ4n) is 1.73. The van der Waals surface area contributed by atoms with Crippen molar-refractivity contribution in [3.8, 4) is 0 Å². The molecular formula is C13H23NS. The molecule has 1 N–H and O–H groups in total. The Bertz CT molecular complexity index is 271. The van der Waals surface area contributed by atoms with Crippen molar-refractivity contribution < 1.29 is 0 Å². The van der Waals surface area contributed by atoms with Gasteiger partial charge in [0.15, 0.2) is 0 Å². The summed E-state index contributed by atoms with van der Waals surface area (Å²) in [7, 11) is 0. The van der Waals surface area contributed by atoms with Crippen LogP contribution < -0.4 is 5.32 Å². The van der Waals surface area contributed by atoms with Crippen LogP contribution in [0.1, 0.15) is 54.5 Å². The lowest BCUT2D eigenvalue weighted by Crippen LogP contribution is -2.21. The Morgan fingerprint density at radius 1 is 1.27 bits per heavy atom. The van der Waals surface area contributed by atoms with E-state index in [2.05, 4.69) is 39.1 Å². The highest BCUT2D eigenvalue weighted by Crippen LogP contribution is 2.28. The van der Waals surface area contributed by atoms with Gasteiger partial charge < -0.3 is 5.32 Å². The SMILES string of the molecule is CCCNC(CCC)c1cc(C)c(C)s1. The van der Waals surface area contributed by atoms with E-state index >= 15 is 0 Å². The Morgan fingerprint density at radius 2 is 2.00 bits per heavy atom. The molecule has 1 atom stereocenters. The van der Waals surface area contributed by atoms with Crippen LogP contribution in [0.25, 0.3) is 0 Å². The molecule has 0 aromatic carbocycles. The minimum atomic E-state index is 0.576. The molecule has 86 valence electrons. The Labute approximate surface area is 97.9 Å². The third kappa shape index (κ3) is 3.62. The van der Waals surface area contributed by atoms with Crippen molar-refractivity contribution in [1.82, 2.24) is 5.32 Å². The first kappa shape index (κ1) is 12.7. The van der Waals surface area contributed by atoms with E-state index in [-0.39, 0.29) is 0 Å². The predicted molar refractivity (Wildman–Crippen MR) is 69.7 cm³/mol. The highest BCUT2D eigenvalue weighted by Gasteiger charge is 2.12. The number of rotatable bonds is 6. The number of thiophene rings is 1. The minimum absolute atomic E-state index is 0.576. The first-order valence-corrected chi connectivity index (χ1v) is 6.81. The first-order valence-electron chi connectivity index (χ1n) is 5.99. The van der Waals surface area contributed by atoms with Crippen molar-refractivity contribution in [1.29, 1.82) is 0 Å². The monoisotopic (exact) mass is 225 g/mol. The summed E-state index contributed by atoms with van der Waals surface area (Å²) in [5.74, 6) is 0. The van der Waals surface area contributed by atoms with Crippen molar-refractivity contribution in [2.24, 2.45) is 0 Å². The molecule has 0 saturated heterocycles. The highest BCUT2D eigenvalue weighted by atomic mass is 32.1. The van der Waals surface area contributed by atoms with E-state index in [0.29, 0.717) is 6.04 Å². The summed E-state index contributed by atoms with van der Waals surface area (Å²) in [6.45, 7) is 10.0. The molecular weight excluding hydrogens is 202 g/mol. The van der Waals surface area contributed by atoms with E-state index in [1.807, 2.05) is 11.3 Å². The van der Waals surface area contributed by atoms with Crippen LogP contribution in [-0.2, 0) is 0 Å². The third-order valence-corrected chi connectivity index (χ3v) is 4.01. The maximum atomic E-state index is 3.64. The largest absolute Gasteiger partial charge is 0.309 e. The van der Waals surface area contributed by atoms with Gasteiger partial charge in [-0.25, -0.2) is 0 Å². The molecule has 1 unspecified atom stereocenters. The number of hydrogen-bond acceptors (Lipinski definition) is 2. The van der Waals surface area contributed by atoms with E-state index in [9.17, 15) is 0 Å². The zero-order chi connectivity index (χ0) is 11.3. The summed E-state index contributed by atoms with van der Waals surface area (Å²) < 4.78 is 0. The summed E-state index contributed by atoms with van der Waals surface area (Å²) in [6.07, 6.45) is 3.71. The zero-order valence-electron chi connectivity index (χ0n) is 10.4. The van der Waals surface area contributed by atoms with Crippen LogP contribution in [0.3, 0.4) is 0 Å². The Hall–Kier alpha value is -0.340. The van der Waals surface area contributed by atoms with Gasteiger partial charge in [0.05, 0.1) is 0 Å². The molecule has 0 aliphatic rings. The molecule has 1 aromatic heterocycles. The van der Waals surface area contributed by atoms with Gasteiger partial charge in [0.2, 0.25) is 0 Å². The van der Waals surface area contributed by atoms with Gasteiger partial charge in [-0.05, 0) is 44.9 Å². The molecule has 0 radical (unpaired) electrons.